The maximum Gasteiger partial charge on any atom is 0.416 e. The predicted octanol–water partition coefficient (Wildman–Crippen LogP) is 2.48. The van der Waals surface area contributed by atoms with Gasteiger partial charge >= 0.3 is 6.18 Å². The van der Waals surface area contributed by atoms with E-state index in [0.717, 1.165) is 18.2 Å². The number of aromatic nitrogens is 4. The molecule has 1 heterocycles. The van der Waals surface area contributed by atoms with Gasteiger partial charge in [0.15, 0.2) is 0 Å². The molecule has 0 fully saturated rings. The number of benzene rings is 2. The minimum absolute atomic E-state index is 0.158. The summed E-state index contributed by atoms with van der Waals surface area (Å²) in [6.07, 6.45) is -3.31. The summed E-state index contributed by atoms with van der Waals surface area (Å²) < 4.78 is 66.5. The quantitative estimate of drug-likeness (QED) is 0.763. The molecule has 11 heteroatoms. The van der Waals surface area contributed by atoms with Crippen LogP contribution in [0.5, 0.6) is 0 Å². The highest BCUT2D eigenvalue weighted by Crippen LogP contribution is 2.31. The second-order valence-corrected chi connectivity index (χ2v) is 6.62. The summed E-state index contributed by atoms with van der Waals surface area (Å²) in [5, 5.41) is 10.6. The Labute approximate surface area is 140 Å². The van der Waals surface area contributed by atoms with Crippen molar-refractivity contribution in [3.8, 4) is 5.69 Å². The highest BCUT2D eigenvalue weighted by Gasteiger charge is 2.31. The average Bonchev–Trinajstić information content (AvgIpc) is 3.08. The first kappa shape index (κ1) is 16.9. The van der Waals surface area contributed by atoms with Crippen LogP contribution in [0.25, 0.3) is 5.69 Å². The molecule has 3 rings (SSSR count). The van der Waals surface area contributed by atoms with Gasteiger partial charge in [-0.25, -0.2) is 13.1 Å². The molecule has 7 nitrogen and oxygen atoms in total. The summed E-state index contributed by atoms with van der Waals surface area (Å²) in [6.45, 7) is 0. The van der Waals surface area contributed by atoms with Crippen molar-refractivity contribution in [3.63, 3.8) is 0 Å². The van der Waals surface area contributed by atoms with Gasteiger partial charge in [-0.1, -0.05) is 12.1 Å². The van der Waals surface area contributed by atoms with Crippen LogP contribution in [0, 0.1) is 0 Å². The molecule has 0 bridgehead atoms. The molecule has 0 unspecified atom stereocenters. The fourth-order valence-electron chi connectivity index (χ4n) is 2.05. The summed E-state index contributed by atoms with van der Waals surface area (Å²) >= 11 is 0. The van der Waals surface area contributed by atoms with Crippen molar-refractivity contribution in [1.82, 2.24) is 20.2 Å². The molecule has 1 aromatic heterocycles. The third-order valence-corrected chi connectivity index (χ3v) is 4.56. The van der Waals surface area contributed by atoms with E-state index in [-0.39, 0.29) is 5.69 Å². The number of tetrazole rings is 1. The lowest BCUT2D eigenvalue weighted by Crippen LogP contribution is -2.14. The predicted molar refractivity (Wildman–Crippen MR) is 81.4 cm³/mol. The Bertz CT molecular complexity index is 988. The summed E-state index contributed by atoms with van der Waals surface area (Å²) in [5.41, 5.74) is -0.405. The Morgan fingerprint density at radius 3 is 2.48 bits per heavy atom. The van der Waals surface area contributed by atoms with Crippen molar-refractivity contribution in [2.45, 2.75) is 11.1 Å². The Morgan fingerprint density at radius 1 is 1.04 bits per heavy atom. The number of hydrogen-bond acceptors (Lipinski definition) is 5. The first-order chi connectivity index (χ1) is 11.8. The van der Waals surface area contributed by atoms with Gasteiger partial charge < -0.3 is 0 Å². The van der Waals surface area contributed by atoms with Gasteiger partial charge in [0.1, 0.15) is 6.33 Å². The lowest BCUT2D eigenvalue weighted by atomic mass is 10.2. The Morgan fingerprint density at radius 2 is 1.80 bits per heavy atom. The Hall–Kier alpha value is -2.95. The molecule has 130 valence electrons. The molecule has 0 saturated heterocycles. The van der Waals surface area contributed by atoms with Crippen LogP contribution in [0.2, 0.25) is 0 Å². The van der Waals surface area contributed by atoms with Crippen LogP contribution in [0.3, 0.4) is 0 Å². The number of nitrogens with one attached hydrogen (secondary N) is 1. The molecule has 0 spiro atoms. The summed E-state index contributed by atoms with van der Waals surface area (Å²) in [7, 11) is -4.19. The zero-order valence-corrected chi connectivity index (χ0v) is 13.2. The van der Waals surface area contributed by atoms with Crippen LogP contribution >= 0.6 is 0 Å². The summed E-state index contributed by atoms with van der Waals surface area (Å²) in [5.74, 6) is 0. The van der Waals surface area contributed by atoms with E-state index in [1.807, 2.05) is 0 Å². The Kier molecular flexibility index (Phi) is 4.17. The average molecular weight is 369 g/mol. The summed E-state index contributed by atoms with van der Waals surface area (Å²) in [4.78, 5) is -0.491. The van der Waals surface area contributed by atoms with Gasteiger partial charge in [0, 0.05) is 0 Å². The van der Waals surface area contributed by atoms with Crippen LogP contribution in [0.15, 0.2) is 59.8 Å². The molecule has 25 heavy (non-hydrogen) atoms. The van der Waals surface area contributed by atoms with Gasteiger partial charge in [-0.05, 0) is 46.8 Å². The fourth-order valence-corrected chi connectivity index (χ4v) is 3.14. The van der Waals surface area contributed by atoms with Crippen molar-refractivity contribution < 1.29 is 21.6 Å². The maximum atomic E-state index is 12.8. The first-order valence-corrected chi connectivity index (χ1v) is 8.27. The zero-order chi connectivity index (χ0) is 18.1. The SMILES string of the molecule is O=S(=O)(Nc1cccc(-n2cnnn2)c1)c1cccc(C(F)(F)F)c1. The van der Waals surface area contributed by atoms with E-state index >= 15 is 0 Å². The summed E-state index contributed by atoms with van der Waals surface area (Å²) in [6, 6.07) is 9.60. The van der Waals surface area contributed by atoms with Crippen LogP contribution in [-0.4, -0.2) is 28.6 Å². The maximum absolute atomic E-state index is 12.8. The van der Waals surface area contributed by atoms with Crippen molar-refractivity contribution in [2.75, 3.05) is 4.72 Å². The van der Waals surface area contributed by atoms with Gasteiger partial charge in [0.2, 0.25) is 0 Å². The Balaban J connectivity index is 1.91. The molecule has 0 amide bonds. The molecular formula is C14H10F3N5O2S. The number of anilines is 1. The van der Waals surface area contributed by atoms with E-state index in [4.69, 9.17) is 0 Å². The van der Waals surface area contributed by atoms with Gasteiger partial charge in [-0.3, -0.25) is 4.72 Å². The largest absolute Gasteiger partial charge is 0.416 e. The van der Waals surface area contributed by atoms with Crippen molar-refractivity contribution >= 4 is 15.7 Å². The number of halogens is 3. The van der Waals surface area contributed by atoms with Gasteiger partial charge in [0.05, 0.1) is 21.8 Å². The fraction of sp³-hybridized carbons (Fsp3) is 0.0714. The minimum Gasteiger partial charge on any atom is -0.280 e. The number of hydrogen-bond donors (Lipinski definition) is 1. The number of alkyl halides is 3. The molecule has 3 aromatic rings. The molecule has 0 aliphatic heterocycles. The van der Waals surface area contributed by atoms with Crippen molar-refractivity contribution in [3.05, 3.63) is 60.4 Å². The smallest absolute Gasteiger partial charge is 0.280 e. The molecule has 0 atom stereocenters. The zero-order valence-electron chi connectivity index (χ0n) is 12.3. The third-order valence-electron chi connectivity index (χ3n) is 3.18. The topological polar surface area (TPSA) is 89.8 Å². The minimum atomic E-state index is -4.63. The van der Waals surface area contributed by atoms with E-state index in [2.05, 4.69) is 20.2 Å². The molecule has 0 radical (unpaired) electrons. The molecule has 0 aliphatic carbocycles. The first-order valence-electron chi connectivity index (χ1n) is 6.79. The van der Waals surface area contributed by atoms with E-state index in [0.29, 0.717) is 11.8 Å². The lowest BCUT2D eigenvalue weighted by Gasteiger charge is -2.11. The van der Waals surface area contributed by atoms with Crippen molar-refractivity contribution in [2.24, 2.45) is 0 Å². The number of rotatable bonds is 4. The van der Waals surface area contributed by atoms with Crippen LogP contribution in [0.4, 0.5) is 18.9 Å². The molecule has 0 aliphatic rings. The van der Waals surface area contributed by atoms with E-state index in [9.17, 15) is 21.6 Å². The molecule has 1 N–H and O–H groups in total. The number of nitrogens with zero attached hydrogens (tertiary/aromatic N) is 4. The normalized spacial score (nSPS) is 12.1. The standard InChI is InChI=1S/C14H10F3N5O2S/c15-14(16,17)10-3-1-6-13(7-10)25(23,24)19-11-4-2-5-12(8-11)22-9-18-20-21-22/h1-9,19H. The van der Waals surface area contributed by atoms with Gasteiger partial charge in [-0.2, -0.15) is 13.2 Å². The second-order valence-electron chi connectivity index (χ2n) is 4.94. The van der Waals surface area contributed by atoms with E-state index in [1.54, 1.807) is 12.1 Å². The number of sulfonamides is 1. The second kappa shape index (κ2) is 6.16. The van der Waals surface area contributed by atoms with Crippen LogP contribution in [-0.2, 0) is 16.2 Å². The van der Waals surface area contributed by atoms with Crippen LogP contribution in [0.1, 0.15) is 5.56 Å². The third kappa shape index (κ3) is 3.76. The highest BCUT2D eigenvalue weighted by molar-refractivity contribution is 7.92. The van der Waals surface area contributed by atoms with Crippen LogP contribution < -0.4 is 4.72 Å². The highest BCUT2D eigenvalue weighted by atomic mass is 32.2. The van der Waals surface area contributed by atoms with Crippen molar-refractivity contribution in [1.29, 1.82) is 0 Å². The lowest BCUT2D eigenvalue weighted by molar-refractivity contribution is -0.137. The molecule has 0 saturated carbocycles. The van der Waals surface area contributed by atoms with E-state index in [1.165, 1.54) is 23.1 Å². The molecular weight excluding hydrogens is 359 g/mol. The van der Waals surface area contributed by atoms with E-state index < -0.39 is 26.7 Å². The molecule has 2 aromatic carbocycles. The van der Waals surface area contributed by atoms with Gasteiger partial charge in [-0.15, -0.1) is 5.10 Å². The van der Waals surface area contributed by atoms with Gasteiger partial charge in [0.25, 0.3) is 10.0 Å². The monoisotopic (exact) mass is 369 g/mol.